The predicted octanol–water partition coefficient (Wildman–Crippen LogP) is 3.33. The Bertz CT molecular complexity index is 328. The van der Waals surface area contributed by atoms with Gasteiger partial charge in [-0.3, -0.25) is 0 Å². The van der Waals surface area contributed by atoms with E-state index < -0.39 is 8.07 Å². The molecule has 0 amide bonds. The van der Waals surface area contributed by atoms with Crippen LogP contribution in [-0.2, 0) is 0 Å². The number of rotatable bonds is 1. The minimum atomic E-state index is -1.50. The van der Waals surface area contributed by atoms with Crippen molar-refractivity contribution in [2.75, 3.05) is 0 Å². The van der Waals surface area contributed by atoms with Crippen molar-refractivity contribution in [2.45, 2.75) is 26.6 Å². The van der Waals surface area contributed by atoms with E-state index >= 15 is 0 Å². The molecule has 0 nitrogen and oxygen atoms in total. The van der Waals surface area contributed by atoms with Gasteiger partial charge in [0.25, 0.3) is 0 Å². The molecule has 0 fully saturated rings. The van der Waals surface area contributed by atoms with Gasteiger partial charge in [-0.2, -0.15) is 0 Å². The summed E-state index contributed by atoms with van der Waals surface area (Å²) in [4.78, 5) is 0. The van der Waals surface area contributed by atoms with Crippen LogP contribution in [0.2, 0.25) is 24.7 Å². The first-order valence-electron chi connectivity index (χ1n) is 4.28. The van der Waals surface area contributed by atoms with E-state index in [2.05, 4.69) is 19.6 Å². The highest BCUT2D eigenvalue weighted by Crippen LogP contribution is 2.16. The van der Waals surface area contributed by atoms with Gasteiger partial charge >= 0.3 is 0 Å². The van der Waals surface area contributed by atoms with Crippen LogP contribution in [0.3, 0.4) is 0 Å². The van der Waals surface area contributed by atoms with E-state index in [-0.39, 0.29) is 5.82 Å². The molecule has 1 rings (SSSR count). The second kappa shape index (κ2) is 3.43. The molecule has 0 saturated heterocycles. The molecule has 0 unspecified atom stereocenters. The lowest BCUT2D eigenvalue weighted by Crippen LogP contribution is -2.38. The normalized spacial score (nSPS) is 11.8. The molecular weight excluding hydrogens is 203 g/mol. The van der Waals surface area contributed by atoms with Gasteiger partial charge in [-0.15, -0.1) is 0 Å². The van der Waals surface area contributed by atoms with Gasteiger partial charge in [-0.25, -0.2) is 4.39 Å². The van der Waals surface area contributed by atoms with E-state index in [4.69, 9.17) is 11.6 Å². The highest BCUT2D eigenvalue weighted by atomic mass is 35.5. The average Bonchev–Trinajstić information content (AvgIpc) is 1.94. The fourth-order valence-corrected chi connectivity index (χ4v) is 3.64. The van der Waals surface area contributed by atoms with Crippen molar-refractivity contribution in [1.29, 1.82) is 0 Å². The van der Waals surface area contributed by atoms with Crippen LogP contribution in [0, 0.1) is 12.7 Å². The summed E-state index contributed by atoms with van der Waals surface area (Å²) in [6, 6.07) is 3.30. The third-order valence-electron chi connectivity index (χ3n) is 2.06. The third-order valence-corrected chi connectivity index (χ3v) is 4.56. The van der Waals surface area contributed by atoms with E-state index in [1.54, 1.807) is 19.1 Å². The van der Waals surface area contributed by atoms with Crippen molar-refractivity contribution in [3.63, 3.8) is 0 Å². The van der Waals surface area contributed by atoms with Crippen molar-refractivity contribution in [2.24, 2.45) is 0 Å². The van der Waals surface area contributed by atoms with Gasteiger partial charge in [0.05, 0.1) is 8.07 Å². The average molecular weight is 217 g/mol. The summed E-state index contributed by atoms with van der Waals surface area (Å²) in [6.07, 6.45) is 0. The topological polar surface area (TPSA) is 0 Å². The molecule has 13 heavy (non-hydrogen) atoms. The Morgan fingerprint density at radius 1 is 1.23 bits per heavy atom. The maximum absolute atomic E-state index is 13.3. The Balaban J connectivity index is 3.32. The lowest BCUT2D eigenvalue weighted by Gasteiger charge is -2.18. The van der Waals surface area contributed by atoms with Crippen molar-refractivity contribution in [3.8, 4) is 0 Å². The summed E-state index contributed by atoms with van der Waals surface area (Å²) in [5, 5.41) is 1.70. The lowest BCUT2D eigenvalue weighted by atomic mass is 10.2. The van der Waals surface area contributed by atoms with E-state index in [1.165, 1.54) is 0 Å². The molecule has 0 aliphatic carbocycles. The van der Waals surface area contributed by atoms with Gasteiger partial charge in [0, 0.05) is 5.02 Å². The SMILES string of the molecule is Cc1cc(Cl)c([Si](C)(C)C)cc1F. The Labute approximate surface area is 84.7 Å². The molecule has 0 radical (unpaired) electrons. The first kappa shape index (κ1) is 10.7. The monoisotopic (exact) mass is 216 g/mol. The minimum Gasteiger partial charge on any atom is -0.207 e. The van der Waals surface area contributed by atoms with Crippen LogP contribution < -0.4 is 5.19 Å². The van der Waals surface area contributed by atoms with Crippen LogP contribution in [0.5, 0.6) is 0 Å². The Kier molecular flexibility index (Phi) is 2.83. The summed E-state index contributed by atoms with van der Waals surface area (Å²) < 4.78 is 13.3. The Morgan fingerprint density at radius 3 is 2.23 bits per heavy atom. The molecule has 0 saturated carbocycles. The standard InChI is InChI=1S/C10H14ClFSi/c1-7-5-8(11)10(6-9(7)12)13(2,3)4/h5-6H,1-4H3. The maximum atomic E-state index is 13.3. The van der Waals surface area contributed by atoms with Crippen LogP contribution in [0.15, 0.2) is 12.1 Å². The Morgan fingerprint density at radius 2 is 1.77 bits per heavy atom. The highest BCUT2D eigenvalue weighted by Gasteiger charge is 2.20. The number of halogens is 2. The summed E-state index contributed by atoms with van der Waals surface area (Å²) in [6.45, 7) is 8.20. The van der Waals surface area contributed by atoms with E-state index in [0.29, 0.717) is 10.6 Å². The highest BCUT2D eigenvalue weighted by molar-refractivity contribution is 6.90. The Hall–Kier alpha value is -0.343. The first-order valence-corrected chi connectivity index (χ1v) is 8.16. The molecule has 0 aromatic heterocycles. The number of aryl methyl sites for hydroxylation is 1. The van der Waals surface area contributed by atoms with Crippen LogP contribution >= 0.6 is 11.6 Å². The molecule has 0 heterocycles. The molecule has 0 aliphatic heterocycles. The van der Waals surface area contributed by atoms with Crippen LogP contribution in [0.1, 0.15) is 5.56 Å². The third kappa shape index (κ3) is 2.32. The molecule has 0 aliphatic rings. The lowest BCUT2D eigenvalue weighted by molar-refractivity contribution is 0.619. The zero-order valence-corrected chi connectivity index (χ0v) is 10.2. The summed E-state index contributed by atoms with van der Waals surface area (Å²) in [5.74, 6) is -0.151. The van der Waals surface area contributed by atoms with Crippen molar-refractivity contribution in [1.82, 2.24) is 0 Å². The molecule has 72 valence electrons. The van der Waals surface area contributed by atoms with Crippen LogP contribution in [-0.4, -0.2) is 8.07 Å². The van der Waals surface area contributed by atoms with Crippen LogP contribution in [0.4, 0.5) is 4.39 Å². The van der Waals surface area contributed by atoms with E-state index in [0.717, 1.165) is 5.19 Å². The first-order chi connectivity index (χ1) is 5.82. The van der Waals surface area contributed by atoms with Crippen molar-refractivity contribution < 1.29 is 4.39 Å². The van der Waals surface area contributed by atoms with Gasteiger partial charge in [0.2, 0.25) is 0 Å². The van der Waals surface area contributed by atoms with Crippen molar-refractivity contribution in [3.05, 3.63) is 28.5 Å². The summed E-state index contributed by atoms with van der Waals surface area (Å²) in [5.41, 5.74) is 0.618. The molecule has 1 aromatic rings. The molecule has 0 N–H and O–H groups in total. The molecule has 0 atom stereocenters. The zero-order chi connectivity index (χ0) is 10.2. The van der Waals surface area contributed by atoms with E-state index in [1.807, 2.05) is 0 Å². The number of benzene rings is 1. The number of hydrogen-bond donors (Lipinski definition) is 0. The minimum absolute atomic E-state index is 0.151. The predicted molar refractivity (Wildman–Crippen MR) is 59.1 cm³/mol. The molecular formula is C10H14ClFSi. The fraction of sp³-hybridized carbons (Fsp3) is 0.400. The largest absolute Gasteiger partial charge is 0.207 e. The second-order valence-corrected chi connectivity index (χ2v) is 9.78. The molecule has 1 aromatic carbocycles. The van der Waals surface area contributed by atoms with Gasteiger partial charge in [-0.05, 0) is 29.8 Å². The van der Waals surface area contributed by atoms with Gasteiger partial charge in [-0.1, -0.05) is 31.2 Å². The quantitative estimate of drug-likeness (QED) is 0.632. The smallest absolute Gasteiger partial charge is 0.126 e. The van der Waals surface area contributed by atoms with Crippen molar-refractivity contribution >= 4 is 24.9 Å². The maximum Gasteiger partial charge on any atom is 0.126 e. The van der Waals surface area contributed by atoms with Crippen LogP contribution in [0.25, 0.3) is 0 Å². The summed E-state index contributed by atoms with van der Waals surface area (Å²) >= 11 is 6.05. The van der Waals surface area contributed by atoms with E-state index in [9.17, 15) is 4.39 Å². The van der Waals surface area contributed by atoms with Gasteiger partial charge in [0.1, 0.15) is 5.82 Å². The number of hydrogen-bond acceptors (Lipinski definition) is 0. The molecule has 3 heteroatoms. The van der Waals surface area contributed by atoms with Gasteiger partial charge < -0.3 is 0 Å². The van der Waals surface area contributed by atoms with Gasteiger partial charge in [0.15, 0.2) is 0 Å². The fourth-order valence-electron chi connectivity index (χ4n) is 1.22. The molecule has 0 spiro atoms. The molecule has 0 bridgehead atoms. The second-order valence-electron chi connectivity index (χ2n) is 4.33. The summed E-state index contributed by atoms with van der Waals surface area (Å²) in [7, 11) is -1.50. The zero-order valence-electron chi connectivity index (χ0n) is 8.41.